The van der Waals surface area contributed by atoms with Crippen LogP contribution in [0.15, 0.2) is 10.6 Å². The Morgan fingerprint density at radius 1 is 1.40 bits per heavy atom. The molecular formula is C14H20N2O4. The van der Waals surface area contributed by atoms with Crippen molar-refractivity contribution in [3.8, 4) is 0 Å². The summed E-state index contributed by atoms with van der Waals surface area (Å²) in [6.07, 6.45) is 2.14. The van der Waals surface area contributed by atoms with Gasteiger partial charge in [-0.2, -0.15) is 0 Å². The maximum atomic E-state index is 12.4. The molecule has 0 spiro atoms. The van der Waals surface area contributed by atoms with E-state index in [1.54, 1.807) is 6.07 Å². The minimum Gasteiger partial charge on any atom is -0.480 e. The fourth-order valence-electron chi connectivity index (χ4n) is 2.31. The number of rotatable bonds is 2. The first-order chi connectivity index (χ1) is 9.30. The third kappa shape index (κ3) is 2.84. The van der Waals surface area contributed by atoms with Crippen LogP contribution in [0.2, 0.25) is 0 Å². The highest BCUT2D eigenvalue weighted by molar-refractivity contribution is 5.95. The summed E-state index contributed by atoms with van der Waals surface area (Å²) in [5.74, 6) is -0.710. The van der Waals surface area contributed by atoms with Crippen LogP contribution in [0.1, 0.15) is 56.3 Å². The monoisotopic (exact) mass is 280 g/mol. The normalized spacial score (nSPS) is 19.9. The van der Waals surface area contributed by atoms with Crippen LogP contribution in [0.5, 0.6) is 0 Å². The second kappa shape index (κ2) is 5.26. The molecule has 1 saturated heterocycles. The Kier molecular flexibility index (Phi) is 3.83. The molecule has 6 nitrogen and oxygen atoms in total. The lowest BCUT2D eigenvalue weighted by molar-refractivity contribution is -0.143. The highest BCUT2D eigenvalue weighted by Crippen LogP contribution is 2.25. The van der Waals surface area contributed by atoms with E-state index < -0.39 is 12.0 Å². The highest BCUT2D eigenvalue weighted by atomic mass is 16.5. The van der Waals surface area contributed by atoms with Gasteiger partial charge in [-0.05, 0) is 19.3 Å². The van der Waals surface area contributed by atoms with Crippen molar-refractivity contribution in [3.63, 3.8) is 0 Å². The van der Waals surface area contributed by atoms with E-state index in [0.717, 1.165) is 12.8 Å². The van der Waals surface area contributed by atoms with E-state index in [4.69, 9.17) is 4.52 Å². The van der Waals surface area contributed by atoms with Crippen LogP contribution in [0.4, 0.5) is 0 Å². The third-order valence-electron chi connectivity index (χ3n) is 3.52. The summed E-state index contributed by atoms with van der Waals surface area (Å²) in [7, 11) is 0. The number of carbonyl (C=O) groups is 2. The molecule has 2 heterocycles. The van der Waals surface area contributed by atoms with Crippen molar-refractivity contribution in [3.05, 3.63) is 17.5 Å². The van der Waals surface area contributed by atoms with E-state index in [9.17, 15) is 14.7 Å². The molecule has 1 aliphatic rings. The van der Waals surface area contributed by atoms with E-state index in [1.165, 1.54) is 4.90 Å². The quantitative estimate of drug-likeness (QED) is 0.896. The number of carboxylic acid groups (broad SMARTS) is 1. The number of aliphatic carboxylic acids is 1. The van der Waals surface area contributed by atoms with Crippen molar-refractivity contribution in [2.45, 2.75) is 51.5 Å². The van der Waals surface area contributed by atoms with Gasteiger partial charge in [-0.15, -0.1) is 0 Å². The Labute approximate surface area is 117 Å². The Balaban J connectivity index is 2.21. The topological polar surface area (TPSA) is 83.6 Å². The minimum atomic E-state index is -0.961. The van der Waals surface area contributed by atoms with Crippen molar-refractivity contribution < 1.29 is 19.2 Å². The van der Waals surface area contributed by atoms with Crippen LogP contribution in [0, 0.1) is 0 Å². The molecule has 110 valence electrons. The molecule has 1 aromatic heterocycles. The summed E-state index contributed by atoms with van der Waals surface area (Å²) in [6, 6.07) is 0.849. The van der Waals surface area contributed by atoms with E-state index in [0.29, 0.717) is 18.7 Å². The Bertz CT molecular complexity index is 515. The fourth-order valence-corrected chi connectivity index (χ4v) is 2.31. The van der Waals surface area contributed by atoms with Gasteiger partial charge in [0, 0.05) is 18.0 Å². The molecule has 1 fully saturated rings. The molecule has 1 N–H and O–H groups in total. The maximum absolute atomic E-state index is 12.4. The smallest absolute Gasteiger partial charge is 0.326 e. The molecule has 0 radical (unpaired) electrons. The van der Waals surface area contributed by atoms with Gasteiger partial charge in [0.15, 0.2) is 5.69 Å². The van der Waals surface area contributed by atoms with Crippen LogP contribution in [-0.4, -0.2) is 39.6 Å². The molecule has 2 rings (SSSR count). The molecule has 1 unspecified atom stereocenters. The molecule has 0 saturated carbocycles. The van der Waals surface area contributed by atoms with Gasteiger partial charge in [0.05, 0.1) is 0 Å². The third-order valence-corrected chi connectivity index (χ3v) is 3.52. The molecule has 20 heavy (non-hydrogen) atoms. The Morgan fingerprint density at radius 2 is 2.10 bits per heavy atom. The van der Waals surface area contributed by atoms with Crippen molar-refractivity contribution in [1.82, 2.24) is 10.1 Å². The summed E-state index contributed by atoms with van der Waals surface area (Å²) >= 11 is 0. The average Bonchev–Trinajstić information content (AvgIpc) is 2.87. The second-order valence-electron chi connectivity index (χ2n) is 6.17. The van der Waals surface area contributed by atoms with Crippen LogP contribution >= 0.6 is 0 Å². The van der Waals surface area contributed by atoms with Gasteiger partial charge in [0.2, 0.25) is 0 Å². The number of aromatic nitrogens is 1. The van der Waals surface area contributed by atoms with Crippen LogP contribution in [-0.2, 0) is 10.2 Å². The van der Waals surface area contributed by atoms with Crippen molar-refractivity contribution in [2.75, 3.05) is 6.54 Å². The molecule has 1 atom stereocenters. The summed E-state index contributed by atoms with van der Waals surface area (Å²) in [4.78, 5) is 25.0. The molecular weight excluding hydrogens is 260 g/mol. The van der Waals surface area contributed by atoms with Crippen molar-refractivity contribution in [1.29, 1.82) is 0 Å². The van der Waals surface area contributed by atoms with Crippen LogP contribution < -0.4 is 0 Å². The standard InChI is InChI=1S/C14H20N2O4/c1-14(2,3)11-8-9(15-20-11)12(17)16-7-5-4-6-10(16)13(18)19/h8,10H,4-7H2,1-3H3,(H,18,19). The van der Waals surface area contributed by atoms with E-state index in [2.05, 4.69) is 5.16 Å². The number of amides is 1. The number of carboxylic acids is 1. The largest absolute Gasteiger partial charge is 0.480 e. The molecule has 1 aromatic rings. The van der Waals surface area contributed by atoms with Crippen LogP contribution in [0.3, 0.4) is 0 Å². The number of nitrogens with zero attached hydrogens (tertiary/aromatic N) is 2. The zero-order valence-corrected chi connectivity index (χ0v) is 12.0. The van der Waals surface area contributed by atoms with Crippen molar-refractivity contribution >= 4 is 11.9 Å². The first-order valence-corrected chi connectivity index (χ1v) is 6.81. The Hall–Kier alpha value is -1.85. The van der Waals surface area contributed by atoms with E-state index >= 15 is 0 Å². The number of carbonyl (C=O) groups excluding carboxylic acids is 1. The molecule has 0 bridgehead atoms. The number of likely N-dealkylation sites (tertiary alicyclic amines) is 1. The Morgan fingerprint density at radius 3 is 2.65 bits per heavy atom. The zero-order chi connectivity index (χ0) is 14.9. The van der Waals surface area contributed by atoms with Gasteiger partial charge in [-0.25, -0.2) is 4.79 Å². The zero-order valence-electron chi connectivity index (χ0n) is 12.0. The van der Waals surface area contributed by atoms with Crippen molar-refractivity contribution in [2.24, 2.45) is 0 Å². The first kappa shape index (κ1) is 14.6. The summed E-state index contributed by atoms with van der Waals surface area (Å²) in [5.41, 5.74) is -0.0531. The summed E-state index contributed by atoms with van der Waals surface area (Å²) < 4.78 is 5.19. The maximum Gasteiger partial charge on any atom is 0.326 e. The van der Waals surface area contributed by atoms with Gasteiger partial charge in [-0.1, -0.05) is 25.9 Å². The highest BCUT2D eigenvalue weighted by Gasteiger charge is 2.34. The predicted octanol–water partition coefficient (Wildman–Crippen LogP) is 2.05. The molecule has 6 heteroatoms. The molecule has 0 aliphatic carbocycles. The summed E-state index contributed by atoms with van der Waals surface area (Å²) in [6.45, 7) is 6.33. The molecule has 1 amide bonds. The van der Waals surface area contributed by atoms with Gasteiger partial charge in [-0.3, -0.25) is 4.79 Å². The van der Waals surface area contributed by atoms with Gasteiger partial charge >= 0.3 is 5.97 Å². The lowest BCUT2D eigenvalue weighted by Crippen LogP contribution is -2.48. The average molecular weight is 280 g/mol. The summed E-state index contributed by atoms with van der Waals surface area (Å²) in [5, 5.41) is 13.0. The number of hydrogen-bond donors (Lipinski definition) is 1. The number of piperidine rings is 1. The van der Waals surface area contributed by atoms with Gasteiger partial charge < -0.3 is 14.5 Å². The van der Waals surface area contributed by atoms with Gasteiger partial charge in [0.1, 0.15) is 11.8 Å². The SMILES string of the molecule is CC(C)(C)c1cc(C(=O)N2CCCCC2C(=O)O)no1. The van der Waals surface area contributed by atoms with Crippen LogP contribution in [0.25, 0.3) is 0 Å². The molecule has 0 aromatic carbocycles. The van der Waals surface area contributed by atoms with E-state index in [-0.39, 0.29) is 17.0 Å². The predicted molar refractivity (Wildman–Crippen MR) is 71.5 cm³/mol. The lowest BCUT2D eigenvalue weighted by Gasteiger charge is -2.32. The second-order valence-corrected chi connectivity index (χ2v) is 6.17. The molecule has 1 aliphatic heterocycles. The lowest BCUT2D eigenvalue weighted by atomic mass is 9.93. The van der Waals surface area contributed by atoms with Gasteiger partial charge in [0.25, 0.3) is 5.91 Å². The van der Waals surface area contributed by atoms with E-state index in [1.807, 2.05) is 20.8 Å². The first-order valence-electron chi connectivity index (χ1n) is 6.81. The number of hydrogen-bond acceptors (Lipinski definition) is 4. The fraction of sp³-hybridized carbons (Fsp3) is 0.643. The minimum absolute atomic E-state index is 0.183.